The molecule has 1 saturated heterocycles. The van der Waals surface area contributed by atoms with Crippen LogP contribution in [0.15, 0.2) is 35.1 Å². The molecular weight excluding hydrogens is 461 g/mol. The van der Waals surface area contributed by atoms with E-state index in [1.54, 1.807) is 25.4 Å². The Balaban J connectivity index is 1.33. The standard InChI is InChI=1S/C18H17BrFN7O3/c1-2-29-17(28)10-27-24-18(23-25-27)14-6-22-16(7-21-14)26-8-12(9-26)30-15-5-11(20)3-4-13(15)19/h3-7,12H,2,8-10H2,1H3. The Bertz CT molecular complexity index is 1040. The van der Waals surface area contributed by atoms with E-state index in [1.165, 1.54) is 12.1 Å². The van der Waals surface area contributed by atoms with E-state index < -0.39 is 5.97 Å². The van der Waals surface area contributed by atoms with E-state index in [4.69, 9.17) is 9.47 Å². The molecule has 1 aromatic carbocycles. The van der Waals surface area contributed by atoms with E-state index >= 15 is 0 Å². The van der Waals surface area contributed by atoms with Crippen LogP contribution in [0.3, 0.4) is 0 Å². The molecule has 12 heteroatoms. The van der Waals surface area contributed by atoms with Gasteiger partial charge in [0.1, 0.15) is 29.2 Å². The number of esters is 1. The molecule has 0 saturated carbocycles. The molecular formula is C18H17BrFN7O3. The van der Waals surface area contributed by atoms with Gasteiger partial charge in [0.25, 0.3) is 0 Å². The maximum absolute atomic E-state index is 13.4. The summed E-state index contributed by atoms with van der Waals surface area (Å²) >= 11 is 3.35. The molecule has 30 heavy (non-hydrogen) atoms. The van der Waals surface area contributed by atoms with Crippen molar-refractivity contribution in [1.29, 1.82) is 0 Å². The molecule has 4 rings (SSSR count). The molecule has 1 fully saturated rings. The molecule has 0 radical (unpaired) electrons. The molecule has 1 aliphatic heterocycles. The number of hydrogen-bond donors (Lipinski definition) is 0. The summed E-state index contributed by atoms with van der Waals surface area (Å²) in [5, 5.41) is 11.8. The zero-order chi connectivity index (χ0) is 21.1. The number of carbonyl (C=O) groups excluding carboxylic acids is 1. The number of carbonyl (C=O) groups is 1. The van der Waals surface area contributed by atoms with Crippen LogP contribution in [0, 0.1) is 5.82 Å². The fourth-order valence-electron chi connectivity index (χ4n) is 2.78. The van der Waals surface area contributed by atoms with E-state index in [-0.39, 0.29) is 30.9 Å². The number of tetrazole rings is 1. The zero-order valence-corrected chi connectivity index (χ0v) is 17.5. The summed E-state index contributed by atoms with van der Waals surface area (Å²) < 4.78 is 24.7. The van der Waals surface area contributed by atoms with Crippen molar-refractivity contribution in [2.75, 3.05) is 24.6 Å². The number of halogens is 2. The average molecular weight is 478 g/mol. The van der Waals surface area contributed by atoms with Crippen LogP contribution in [0.25, 0.3) is 11.5 Å². The number of nitrogens with zero attached hydrogens (tertiary/aromatic N) is 7. The van der Waals surface area contributed by atoms with Crippen LogP contribution in [0.1, 0.15) is 6.92 Å². The van der Waals surface area contributed by atoms with Gasteiger partial charge >= 0.3 is 5.97 Å². The molecule has 3 heterocycles. The largest absolute Gasteiger partial charge is 0.485 e. The van der Waals surface area contributed by atoms with Gasteiger partial charge in [0, 0.05) is 6.07 Å². The molecule has 0 N–H and O–H groups in total. The van der Waals surface area contributed by atoms with Crippen molar-refractivity contribution < 1.29 is 18.7 Å². The molecule has 0 spiro atoms. The monoisotopic (exact) mass is 477 g/mol. The Morgan fingerprint density at radius 3 is 2.87 bits per heavy atom. The molecule has 3 aromatic rings. The highest BCUT2D eigenvalue weighted by molar-refractivity contribution is 9.10. The predicted octanol–water partition coefficient (Wildman–Crippen LogP) is 1.86. The lowest BCUT2D eigenvalue weighted by Crippen LogP contribution is -2.54. The number of benzene rings is 1. The molecule has 0 aliphatic carbocycles. The Kier molecular flexibility index (Phi) is 5.84. The number of ether oxygens (including phenoxy) is 2. The van der Waals surface area contributed by atoms with Crippen LogP contribution in [-0.2, 0) is 16.1 Å². The first-order valence-corrected chi connectivity index (χ1v) is 9.93. The molecule has 156 valence electrons. The highest BCUT2D eigenvalue weighted by Crippen LogP contribution is 2.29. The van der Waals surface area contributed by atoms with Crippen molar-refractivity contribution in [3.63, 3.8) is 0 Å². The van der Waals surface area contributed by atoms with Gasteiger partial charge in [-0.3, -0.25) is 0 Å². The normalized spacial score (nSPS) is 13.8. The minimum atomic E-state index is -0.442. The first-order valence-electron chi connectivity index (χ1n) is 9.14. The molecule has 0 unspecified atom stereocenters. The van der Waals surface area contributed by atoms with Crippen LogP contribution in [0.5, 0.6) is 5.75 Å². The second-order valence-corrected chi connectivity index (χ2v) is 7.28. The van der Waals surface area contributed by atoms with E-state index in [1.807, 2.05) is 4.90 Å². The van der Waals surface area contributed by atoms with E-state index in [9.17, 15) is 9.18 Å². The Labute approximate surface area is 179 Å². The number of anilines is 1. The van der Waals surface area contributed by atoms with Crippen molar-refractivity contribution >= 4 is 27.7 Å². The summed E-state index contributed by atoms with van der Waals surface area (Å²) in [6.07, 6.45) is 3.07. The SMILES string of the molecule is CCOC(=O)Cn1nnc(-c2cnc(N3CC(Oc4cc(F)ccc4Br)C3)cn2)n1. The summed E-state index contributed by atoms with van der Waals surface area (Å²) in [5.74, 6) is 0.620. The quantitative estimate of drug-likeness (QED) is 0.470. The van der Waals surface area contributed by atoms with Crippen molar-refractivity contribution in [1.82, 2.24) is 30.2 Å². The third-order valence-corrected chi connectivity index (χ3v) is 4.91. The molecule has 0 atom stereocenters. The summed E-state index contributed by atoms with van der Waals surface area (Å²) in [6.45, 7) is 3.09. The highest BCUT2D eigenvalue weighted by atomic mass is 79.9. The Morgan fingerprint density at radius 2 is 2.13 bits per heavy atom. The smallest absolute Gasteiger partial charge is 0.329 e. The van der Waals surface area contributed by atoms with Crippen molar-refractivity contribution in [3.05, 3.63) is 40.9 Å². The fraction of sp³-hybridized carbons (Fsp3) is 0.333. The van der Waals surface area contributed by atoms with E-state index in [2.05, 4.69) is 41.3 Å². The maximum atomic E-state index is 13.4. The predicted molar refractivity (Wildman–Crippen MR) is 106 cm³/mol. The second-order valence-electron chi connectivity index (χ2n) is 6.43. The van der Waals surface area contributed by atoms with Gasteiger partial charge in [-0.25, -0.2) is 19.2 Å². The fourth-order valence-corrected chi connectivity index (χ4v) is 3.12. The lowest BCUT2D eigenvalue weighted by Gasteiger charge is -2.39. The molecule has 2 aromatic heterocycles. The van der Waals surface area contributed by atoms with Gasteiger partial charge in [-0.1, -0.05) is 0 Å². The van der Waals surface area contributed by atoms with Crippen LogP contribution in [-0.4, -0.2) is 61.9 Å². The van der Waals surface area contributed by atoms with E-state index in [0.29, 0.717) is 34.8 Å². The lowest BCUT2D eigenvalue weighted by atomic mass is 10.1. The number of aromatic nitrogens is 6. The zero-order valence-electron chi connectivity index (χ0n) is 15.9. The minimum Gasteiger partial charge on any atom is -0.485 e. The summed E-state index contributed by atoms with van der Waals surface area (Å²) in [5.41, 5.74) is 0.436. The van der Waals surface area contributed by atoms with E-state index in [0.717, 1.165) is 4.80 Å². The lowest BCUT2D eigenvalue weighted by molar-refractivity contribution is -0.144. The van der Waals surface area contributed by atoms with Gasteiger partial charge in [-0.15, -0.1) is 10.2 Å². The van der Waals surface area contributed by atoms with Gasteiger partial charge in [0.15, 0.2) is 6.54 Å². The van der Waals surface area contributed by atoms with Crippen molar-refractivity contribution in [2.45, 2.75) is 19.6 Å². The van der Waals surface area contributed by atoms with Crippen LogP contribution in [0.2, 0.25) is 0 Å². The van der Waals surface area contributed by atoms with Gasteiger partial charge in [-0.05, 0) is 40.2 Å². The third kappa shape index (κ3) is 4.53. The number of hydrogen-bond acceptors (Lipinski definition) is 9. The Hall–Kier alpha value is -3.15. The molecule has 0 bridgehead atoms. The third-order valence-electron chi connectivity index (χ3n) is 4.25. The molecule has 10 nitrogen and oxygen atoms in total. The minimum absolute atomic E-state index is 0.0750. The van der Waals surface area contributed by atoms with Crippen LogP contribution in [0.4, 0.5) is 10.2 Å². The van der Waals surface area contributed by atoms with Crippen molar-refractivity contribution in [3.8, 4) is 17.3 Å². The first-order chi connectivity index (χ1) is 14.5. The topological polar surface area (TPSA) is 108 Å². The second kappa shape index (κ2) is 8.69. The first kappa shape index (κ1) is 20.1. The number of rotatable bonds is 7. The van der Waals surface area contributed by atoms with Crippen LogP contribution >= 0.6 is 15.9 Å². The van der Waals surface area contributed by atoms with Gasteiger partial charge in [-0.2, -0.15) is 4.80 Å². The van der Waals surface area contributed by atoms with Gasteiger partial charge in [0.2, 0.25) is 5.82 Å². The summed E-state index contributed by atoms with van der Waals surface area (Å²) in [7, 11) is 0. The van der Waals surface area contributed by atoms with Gasteiger partial charge < -0.3 is 14.4 Å². The summed E-state index contributed by atoms with van der Waals surface area (Å²) in [6, 6.07) is 4.33. The van der Waals surface area contributed by atoms with Gasteiger partial charge in [0.05, 0.1) is 36.6 Å². The Morgan fingerprint density at radius 1 is 1.30 bits per heavy atom. The van der Waals surface area contributed by atoms with Crippen LogP contribution < -0.4 is 9.64 Å². The average Bonchev–Trinajstić information content (AvgIpc) is 3.15. The van der Waals surface area contributed by atoms with Crippen molar-refractivity contribution in [2.24, 2.45) is 0 Å². The maximum Gasteiger partial charge on any atom is 0.329 e. The molecule has 0 amide bonds. The highest BCUT2D eigenvalue weighted by Gasteiger charge is 2.30. The molecule has 1 aliphatic rings. The summed E-state index contributed by atoms with van der Waals surface area (Å²) in [4.78, 5) is 23.3.